The van der Waals surface area contributed by atoms with Gasteiger partial charge in [0.25, 0.3) is 0 Å². The summed E-state index contributed by atoms with van der Waals surface area (Å²) in [4.78, 5) is 15.7. The number of nitrogens with one attached hydrogen (secondary N) is 1. The molecule has 94 valence electrons. The molecule has 1 aromatic rings. The van der Waals surface area contributed by atoms with E-state index in [9.17, 15) is 4.79 Å². The molecule has 1 unspecified atom stereocenters. The van der Waals surface area contributed by atoms with Crippen molar-refractivity contribution >= 4 is 5.91 Å². The first kappa shape index (κ1) is 13.4. The number of rotatable bonds is 5. The molecule has 0 saturated carbocycles. The molecule has 0 aliphatic rings. The number of methoxy groups -OCH3 is 1. The van der Waals surface area contributed by atoms with Crippen LogP contribution in [0.1, 0.15) is 25.8 Å². The summed E-state index contributed by atoms with van der Waals surface area (Å²) in [5.74, 6) is 0.374. The van der Waals surface area contributed by atoms with Gasteiger partial charge < -0.3 is 15.8 Å². The second-order valence-electron chi connectivity index (χ2n) is 4.16. The van der Waals surface area contributed by atoms with E-state index in [0.717, 1.165) is 5.56 Å². The first-order valence-corrected chi connectivity index (χ1v) is 5.55. The number of amides is 1. The molecule has 1 aromatic heterocycles. The number of carbonyl (C=O) groups excluding carboxylic acids is 1. The van der Waals surface area contributed by atoms with Crippen molar-refractivity contribution in [2.24, 2.45) is 5.73 Å². The second kappa shape index (κ2) is 5.63. The summed E-state index contributed by atoms with van der Waals surface area (Å²) < 4.78 is 5.00. The minimum atomic E-state index is -0.822. The molecule has 1 atom stereocenters. The highest BCUT2D eigenvalue weighted by atomic mass is 16.5. The standard InChI is InChI=1S/C12H19N3O2/c1-4-12(2,13)11(16)15-8-9-5-6-14-10(7-9)17-3/h5-7H,4,8,13H2,1-3H3,(H,15,16). The Kier molecular flexibility index (Phi) is 4.45. The van der Waals surface area contributed by atoms with Gasteiger partial charge in [-0.05, 0) is 25.0 Å². The largest absolute Gasteiger partial charge is 0.481 e. The van der Waals surface area contributed by atoms with E-state index in [1.54, 1.807) is 26.3 Å². The molecule has 3 N–H and O–H groups in total. The molecule has 5 nitrogen and oxygen atoms in total. The predicted molar refractivity (Wildman–Crippen MR) is 65.5 cm³/mol. The van der Waals surface area contributed by atoms with Crippen molar-refractivity contribution in [2.45, 2.75) is 32.4 Å². The zero-order valence-corrected chi connectivity index (χ0v) is 10.5. The fourth-order valence-corrected chi connectivity index (χ4v) is 1.22. The minimum absolute atomic E-state index is 0.157. The van der Waals surface area contributed by atoms with Gasteiger partial charge in [0.05, 0.1) is 12.6 Å². The molecule has 0 saturated heterocycles. The third-order valence-corrected chi connectivity index (χ3v) is 2.71. The van der Waals surface area contributed by atoms with E-state index in [2.05, 4.69) is 10.3 Å². The van der Waals surface area contributed by atoms with Crippen LogP contribution in [0.25, 0.3) is 0 Å². The van der Waals surface area contributed by atoms with Gasteiger partial charge in [0.1, 0.15) is 0 Å². The van der Waals surface area contributed by atoms with Gasteiger partial charge in [-0.2, -0.15) is 0 Å². The van der Waals surface area contributed by atoms with Crippen molar-refractivity contribution in [3.05, 3.63) is 23.9 Å². The summed E-state index contributed by atoms with van der Waals surface area (Å²) in [5, 5.41) is 2.79. The minimum Gasteiger partial charge on any atom is -0.481 e. The average Bonchev–Trinajstić information content (AvgIpc) is 2.36. The Morgan fingerprint density at radius 3 is 2.94 bits per heavy atom. The summed E-state index contributed by atoms with van der Waals surface area (Å²) in [7, 11) is 1.55. The van der Waals surface area contributed by atoms with Gasteiger partial charge >= 0.3 is 0 Å². The van der Waals surface area contributed by atoms with Gasteiger partial charge in [-0.15, -0.1) is 0 Å². The zero-order valence-electron chi connectivity index (χ0n) is 10.5. The Morgan fingerprint density at radius 2 is 2.35 bits per heavy atom. The summed E-state index contributed by atoms with van der Waals surface area (Å²) in [6.07, 6.45) is 2.24. The zero-order chi connectivity index (χ0) is 12.9. The van der Waals surface area contributed by atoms with E-state index in [0.29, 0.717) is 18.8 Å². The number of ether oxygens (including phenoxy) is 1. The third kappa shape index (κ3) is 3.71. The van der Waals surface area contributed by atoms with Gasteiger partial charge in [0, 0.05) is 18.8 Å². The fourth-order valence-electron chi connectivity index (χ4n) is 1.22. The predicted octanol–water partition coefficient (Wildman–Crippen LogP) is 0.834. The number of nitrogens with zero attached hydrogens (tertiary/aromatic N) is 1. The van der Waals surface area contributed by atoms with Gasteiger partial charge in [-0.1, -0.05) is 6.92 Å². The third-order valence-electron chi connectivity index (χ3n) is 2.71. The van der Waals surface area contributed by atoms with Crippen LogP contribution in [0.15, 0.2) is 18.3 Å². The first-order chi connectivity index (χ1) is 7.99. The maximum absolute atomic E-state index is 11.7. The van der Waals surface area contributed by atoms with Gasteiger partial charge in [-0.25, -0.2) is 4.98 Å². The van der Waals surface area contributed by atoms with Crippen molar-refractivity contribution < 1.29 is 9.53 Å². The van der Waals surface area contributed by atoms with Crippen molar-refractivity contribution in [3.63, 3.8) is 0 Å². The number of pyridine rings is 1. The van der Waals surface area contributed by atoms with Crippen LogP contribution in [-0.2, 0) is 11.3 Å². The normalized spacial score (nSPS) is 13.9. The topological polar surface area (TPSA) is 77.2 Å². The van der Waals surface area contributed by atoms with Crippen LogP contribution in [0.3, 0.4) is 0 Å². The van der Waals surface area contributed by atoms with E-state index in [1.165, 1.54) is 0 Å². The molecule has 0 aliphatic heterocycles. The van der Waals surface area contributed by atoms with Crippen LogP contribution in [-0.4, -0.2) is 23.5 Å². The lowest BCUT2D eigenvalue weighted by molar-refractivity contribution is -0.126. The average molecular weight is 237 g/mol. The highest BCUT2D eigenvalue weighted by Gasteiger charge is 2.25. The van der Waals surface area contributed by atoms with Gasteiger partial charge in [0.2, 0.25) is 11.8 Å². The molecular formula is C12H19N3O2. The molecular weight excluding hydrogens is 218 g/mol. The maximum atomic E-state index is 11.7. The molecule has 0 bridgehead atoms. The quantitative estimate of drug-likeness (QED) is 0.795. The summed E-state index contributed by atoms with van der Waals surface area (Å²) in [5.41, 5.74) is 5.94. The molecule has 0 aliphatic carbocycles. The molecule has 1 amide bonds. The molecule has 1 rings (SSSR count). The molecule has 0 radical (unpaired) electrons. The van der Waals surface area contributed by atoms with E-state index >= 15 is 0 Å². The van der Waals surface area contributed by atoms with Crippen LogP contribution in [0.5, 0.6) is 5.88 Å². The van der Waals surface area contributed by atoms with E-state index in [4.69, 9.17) is 10.5 Å². The highest BCUT2D eigenvalue weighted by Crippen LogP contribution is 2.09. The Labute approximate surface area is 101 Å². The number of aromatic nitrogens is 1. The molecule has 17 heavy (non-hydrogen) atoms. The molecule has 0 spiro atoms. The molecule has 0 fully saturated rings. The van der Waals surface area contributed by atoms with E-state index < -0.39 is 5.54 Å². The maximum Gasteiger partial charge on any atom is 0.240 e. The fraction of sp³-hybridized carbons (Fsp3) is 0.500. The number of nitrogens with two attached hydrogens (primary N) is 1. The van der Waals surface area contributed by atoms with Gasteiger partial charge in [-0.3, -0.25) is 4.79 Å². The number of hydrogen-bond acceptors (Lipinski definition) is 4. The lowest BCUT2D eigenvalue weighted by Crippen LogP contribution is -2.50. The van der Waals surface area contributed by atoms with Crippen molar-refractivity contribution in [1.29, 1.82) is 0 Å². The summed E-state index contributed by atoms with van der Waals surface area (Å²) in [6, 6.07) is 3.60. The molecule has 0 aromatic carbocycles. The van der Waals surface area contributed by atoms with Crippen LogP contribution in [0.2, 0.25) is 0 Å². The van der Waals surface area contributed by atoms with Crippen LogP contribution in [0.4, 0.5) is 0 Å². The van der Waals surface area contributed by atoms with E-state index in [-0.39, 0.29) is 5.91 Å². The van der Waals surface area contributed by atoms with Crippen molar-refractivity contribution in [3.8, 4) is 5.88 Å². The van der Waals surface area contributed by atoms with Crippen LogP contribution in [0, 0.1) is 0 Å². The molecule has 1 heterocycles. The summed E-state index contributed by atoms with van der Waals surface area (Å²) >= 11 is 0. The number of carbonyl (C=O) groups is 1. The number of hydrogen-bond donors (Lipinski definition) is 2. The summed E-state index contributed by atoms with van der Waals surface area (Å²) in [6.45, 7) is 4.02. The lowest BCUT2D eigenvalue weighted by atomic mass is 9.99. The Bertz CT molecular complexity index is 391. The van der Waals surface area contributed by atoms with E-state index in [1.807, 2.05) is 13.0 Å². The van der Waals surface area contributed by atoms with Crippen LogP contribution < -0.4 is 15.8 Å². The van der Waals surface area contributed by atoms with Crippen molar-refractivity contribution in [2.75, 3.05) is 7.11 Å². The smallest absolute Gasteiger partial charge is 0.240 e. The Morgan fingerprint density at radius 1 is 1.65 bits per heavy atom. The van der Waals surface area contributed by atoms with Crippen molar-refractivity contribution in [1.82, 2.24) is 10.3 Å². The monoisotopic (exact) mass is 237 g/mol. The Hall–Kier alpha value is -1.62. The SMILES string of the molecule is CCC(C)(N)C(=O)NCc1ccnc(OC)c1. The first-order valence-electron chi connectivity index (χ1n) is 5.55. The molecule has 5 heteroatoms. The van der Waals surface area contributed by atoms with Gasteiger partial charge in [0.15, 0.2) is 0 Å². The Balaban J connectivity index is 2.58. The highest BCUT2D eigenvalue weighted by molar-refractivity contribution is 5.85. The lowest BCUT2D eigenvalue weighted by Gasteiger charge is -2.21. The van der Waals surface area contributed by atoms with Crippen LogP contribution >= 0.6 is 0 Å². The second-order valence-corrected chi connectivity index (χ2v) is 4.16.